The maximum Gasteiger partial charge on any atom is 0.306 e. The molecule has 0 saturated carbocycles. The Kier molecular flexibility index (Phi) is 45.4. The summed E-state index contributed by atoms with van der Waals surface area (Å²) in [6.45, 7) is 3.71. The average molecular weight is 1080 g/mol. The highest BCUT2D eigenvalue weighted by Gasteiger charge is 2.47. The SMILES string of the molecule is CCCCCCC/C=C\C/C=C\CCCCCCCCCCCCCC(=O)OC(COCCCCCCCCCC/C=C\CCCCCCCCC)COC1OC(COC2OC(CO)C(O)C(O)C2O)C(O)C(O)C1O. The molecule has 0 spiro atoms. The lowest BCUT2D eigenvalue weighted by Gasteiger charge is -2.42. The summed E-state index contributed by atoms with van der Waals surface area (Å²) < 4.78 is 34.5. The summed E-state index contributed by atoms with van der Waals surface area (Å²) in [4.78, 5) is 13.1. The zero-order valence-electron chi connectivity index (χ0n) is 48.0. The molecule has 0 radical (unpaired) electrons. The smallest absolute Gasteiger partial charge is 0.306 e. The summed E-state index contributed by atoms with van der Waals surface area (Å²) in [5, 5.41) is 72.4. The topological polar surface area (TPSA) is 214 Å². The molecule has 446 valence electrons. The van der Waals surface area contributed by atoms with E-state index in [2.05, 4.69) is 50.3 Å². The Bertz CT molecular complexity index is 1400. The van der Waals surface area contributed by atoms with Crippen LogP contribution in [0.1, 0.15) is 251 Å². The highest BCUT2D eigenvalue weighted by molar-refractivity contribution is 5.69. The first-order chi connectivity index (χ1) is 37.1. The minimum Gasteiger partial charge on any atom is -0.457 e. The van der Waals surface area contributed by atoms with E-state index in [1.54, 1.807) is 0 Å². The van der Waals surface area contributed by atoms with Gasteiger partial charge in [0.2, 0.25) is 0 Å². The average Bonchev–Trinajstić information content (AvgIpc) is 3.42. The molecule has 2 heterocycles. The molecule has 14 heteroatoms. The van der Waals surface area contributed by atoms with Gasteiger partial charge in [-0.15, -0.1) is 0 Å². The largest absolute Gasteiger partial charge is 0.457 e. The lowest BCUT2D eigenvalue weighted by molar-refractivity contribution is -0.332. The number of unbranched alkanes of at least 4 members (excludes halogenated alkanes) is 31. The maximum absolute atomic E-state index is 13.1. The van der Waals surface area contributed by atoms with Gasteiger partial charge >= 0.3 is 5.97 Å². The van der Waals surface area contributed by atoms with Gasteiger partial charge in [0.05, 0.1) is 26.4 Å². The predicted molar refractivity (Wildman–Crippen MR) is 303 cm³/mol. The van der Waals surface area contributed by atoms with E-state index in [0.717, 1.165) is 44.9 Å². The van der Waals surface area contributed by atoms with Crippen LogP contribution in [0.5, 0.6) is 0 Å². The number of esters is 1. The Hall–Kier alpha value is -1.79. The number of carbonyl (C=O) groups is 1. The number of hydrogen-bond donors (Lipinski definition) is 7. The van der Waals surface area contributed by atoms with Gasteiger partial charge in [-0.1, -0.05) is 211 Å². The Balaban J connectivity index is 1.69. The van der Waals surface area contributed by atoms with Crippen molar-refractivity contribution in [3.05, 3.63) is 36.5 Å². The fourth-order valence-electron chi connectivity index (χ4n) is 9.84. The Morgan fingerprint density at radius 3 is 1.28 bits per heavy atom. The molecular formula is C62H114O14. The van der Waals surface area contributed by atoms with E-state index in [4.69, 9.17) is 28.4 Å². The third-order valence-electron chi connectivity index (χ3n) is 14.9. The molecule has 11 unspecified atom stereocenters. The summed E-state index contributed by atoms with van der Waals surface area (Å²) in [5.74, 6) is -0.376. The van der Waals surface area contributed by atoms with Gasteiger partial charge in [0, 0.05) is 13.0 Å². The molecule has 2 fully saturated rings. The summed E-state index contributed by atoms with van der Waals surface area (Å²) in [7, 11) is 0. The van der Waals surface area contributed by atoms with Gasteiger partial charge < -0.3 is 64.2 Å². The number of aliphatic hydroxyl groups excluding tert-OH is 7. The van der Waals surface area contributed by atoms with Gasteiger partial charge in [-0.2, -0.15) is 0 Å². The number of rotatable bonds is 51. The second-order valence-corrected chi connectivity index (χ2v) is 21.9. The Morgan fingerprint density at radius 2 is 0.816 bits per heavy atom. The number of aliphatic hydroxyl groups is 7. The van der Waals surface area contributed by atoms with E-state index in [9.17, 15) is 40.5 Å². The van der Waals surface area contributed by atoms with E-state index >= 15 is 0 Å². The molecule has 14 nitrogen and oxygen atoms in total. The summed E-state index contributed by atoms with van der Waals surface area (Å²) >= 11 is 0. The summed E-state index contributed by atoms with van der Waals surface area (Å²) in [6.07, 6.45) is 42.0. The predicted octanol–water partition coefficient (Wildman–Crippen LogP) is 11.7. The van der Waals surface area contributed by atoms with Gasteiger partial charge in [-0.3, -0.25) is 4.79 Å². The molecular weight excluding hydrogens is 969 g/mol. The Labute approximate surface area is 461 Å². The molecule has 0 bridgehead atoms. The zero-order valence-corrected chi connectivity index (χ0v) is 48.0. The quantitative estimate of drug-likeness (QED) is 0.0172. The number of hydrogen-bond acceptors (Lipinski definition) is 14. The fraction of sp³-hybridized carbons (Fsp3) is 0.887. The molecule has 2 rings (SSSR count). The molecule has 0 aromatic rings. The first-order valence-electron chi connectivity index (χ1n) is 31.1. The van der Waals surface area contributed by atoms with Crippen LogP contribution in [0.3, 0.4) is 0 Å². The molecule has 11 atom stereocenters. The van der Waals surface area contributed by atoms with Crippen molar-refractivity contribution in [2.24, 2.45) is 0 Å². The van der Waals surface area contributed by atoms with E-state index in [-0.39, 0.29) is 25.6 Å². The van der Waals surface area contributed by atoms with Crippen molar-refractivity contribution in [3.8, 4) is 0 Å². The van der Waals surface area contributed by atoms with Crippen LogP contribution in [0, 0.1) is 0 Å². The van der Waals surface area contributed by atoms with Crippen LogP contribution in [-0.4, -0.2) is 142 Å². The summed E-state index contributed by atoms with van der Waals surface area (Å²) in [5.41, 5.74) is 0. The lowest BCUT2D eigenvalue weighted by Crippen LogP contribution is -2.61. The van der Waals surface area contributed by atoms with Crippen LogP contribution in [0.15, 0.2) is 36.5 Å². The second-order valence-electron chi connectivity index (χ2n) is 21.9. The third kappa shape index (κ3) is 35.1. The zero-order chi connectivity index (χ0) is 55.1. The van der Waals surface area contributed by atoms with E-state index < -0.39 is 80.7 Å². The summed E-state index contributed by atoms with van der Waals surface area (Å²) in [6, 6.07) is 0. The van der Waals surface area contributed by atoms with Gasteiger partial charge in [0.15, 0.2) is 12.6 Å². The van der Waals surface area contributed by atoms with Crippen LogP contribution in [0.4, 0.5) is 0 Å². The van der Waals surface area contributed by atoms with Crippen LogP contribution < -0.4 is 0 Å². The molecule has 0 amide bonds. The number of ether oxygens (including phenoxy) is 6. The first-order valence-corrected chi connectivity index (χ1v) is 31.1. The van der Waals surface area contributed by atoms with E-state index in [1.165, 1.54) is 180 Å². The van der Waals surface area contributed by atoms with E-state index in [1.807, 2.05) is 0 Å². The highest BCUT2D eigenvalue weighted by Crippen LogP contribution is 2.27. The van der Waals surface area contributed by atoms with Crippen LogP contribution >= 0.6 is 0 Å². The molecule has 76 heavy (non-hydrogen) atoms. The molecule has 0 aliphatic carbocycles. The second kappa shape index (κ2) is 49.1. The fourth-order valence-corrected chi connectivity index (χ4v) is 9.84. The van der Waals surface area contributed by atoms with Crippen molar-refractivity contribution in [1.82, 2.24) is 0 Å². The Morgan fingerprint density at radius 1 is 0.434 bits per heavy atom. The molecule has 7 N–H and O–H groups in total. The minimum absolute atomic E-state index is 0.0607. The van der Waals surface area contributed by atoms with Gasteiger partial charge in [0.25, 0.3) is 0 Å². The van der Waals surface area contributed by atoms with Gasteiger partial charge in [-0.25, -0.2) is 0 Å². The van der Waals surface area contributed by atoms with Crippen LogP contribution in [0.2, 0.25) is 0 Å². The van der Waals surface area contributed by atoms with E-state index in [0.29, 0.717) is 13.0 Å². The number of allylic oxidation sites excluding steroid dienone is 6. The molecule has 0 aromatic heterocycles. The third-order valence-corrected chi connectivity index (χ3v) is 14.9. The van der Waals surface area contributed by atoms with Crippen LogP contribution in [-0.2, 0) is 33.2 Å². The van der Waals surface area contributed by atoms with Gasteiger partial charge in [-0.05, 0) is 70.6 Å². The van der Waals surface area contributed by atoms with Crippen molar-refractivity contribution in [2.75, 3.05) is 33.0 Å². The lowest BCUT2D eigenvalue weighted by atomic mass is 9.98. The molecule has 0 aromatic carbocycles. The van der Waals surface area contributed by atoms with Crippen molar-refractivity contribution < 1.29 is 69.0 Å². The monoisotopic (exact) mass is 1080 g/mol. The highest BCUT2D eigenvalue weighted by atomic mass is 16.7. The van der Waals surface area contributed by atoms with Crippen molar-refractivity contribution in [3.63, 3.8) is 0 Å². The van der Waals surface area contributed by atoms with Gasteiger partial charge in [0.1, 0.15) is 54.9 Å². The number of carbonyl (C=O) groups excluding carboxylic acids is 1. The maximum atomic E-state index is 13.1. The van der Waals surface area contributed by atoms with Crippen molar-refractivity contribution in [1.29, 1.82) is 0 Å². The molecule has 2 aliphatic heterocycles. The van der Waals surface area contributed by atoms with Crippen molar-refractivity contribution in [2.45, 2.75) is 319 Å². The molecule has 2 saturated heterocycles. The van der Waals surface area contributed by atoms with Crippen LogP contribution in [0.25, 0.3) is 0 Å². The normalized spacial score (nSPS) is 24.6. The minimum atomic E-state index is -1.71. The van der Waals surface area contributed by atoms with Crippen molar-refractivity contribution >= 4 is 5.97 Å². The standard InChI is InChI=1S/C62H114O14/c1-3-5-7-9-11-13-15-17-19-21-23-24-25-26-27-29-31-33-35-37-39-41-43-45-54(64)74-51(48-71-46-44-42-40-38-36-34-32-30-28-22-20-18-16-14-12-10-8-6-4-2)49-72-61-60(70)58(68)56(66)53(76-61)50-73-62-59(69)57(67)55(65)52(47-63)75-62/h15,17,20-23,51-53,55-63,65-70H,3-14,16,18-19,24-50H2,1-2H3/b17-15-,22-20-,23-21-. The first kappa shape index (κ1) is 70.3. The molecule has 2 aliphatic rings.